The van der Waals surface area contributed by atoms with Crippen molar-refractivity contribution in [2.24, 2.45) is 0 Å². The number of rotatable bonds is 6. The summed E-state index contributed by atoms with van der Waals surface area (Å²) in [5.41, 5.74) is 2.04. The summed E-state index contributed by atoms with van der Waals surface area (Å²) in [7, 11) is 1.61. The SMILES string of the molecule is CCCCc1nn(-c2ccc(OC)cc2)c(Cl)c1C=O. The standard InChI is InChI=1S/C15H17ClN2O2/c1-3-4-5-14-13(10-19)15(16)18(17-14)11-6-8-12(20-2)9-7-11/h6-10H,3-5H2,1-2H3. The van der Waals surface area contributed by atoms with E-state index in [1.807, 2.05) is 24.3 Å². The summed E-state index contributed by atoms with van der Waals surface area (Å²) in [6, 6.07) is 7.38. The Kier molecular flexibility index (Phi) is 4.79. The summed E-state index contributed by atoms with van der Waals surface area (Å²) in [6.45, 7) is 2.10. The van der Waals surface area contributed by atoms with Crippen LogP contribution in [0.2, 0.25) is 5.15 Å². The van der Waals surface area contributed by atoms with Crippen molar-refractivity contribution in [2.75, 3.05) is 7.11 Å². The fraction of sp³-hybridized carbons (Fsp3) is 0.333. The molecule has 2 aromatic rings. The summed E-state index contributed by atoms with van der Waals surface area (Å²) in [6.07, 6.45) is 3.57. The van der Waals surface area contributed by atoms with Crippen LogP contribution in [0.25, 0.3) is 5.69 Å². The molecule has 0 saturated carbocycles. The lowest BCUT2D eigenvalue weighted by Gasteiger charge is -2.04. The van der Waals surface area contributed by atoms with Crippen LogP contribution in [0.5, 0.6) is 5.75 Å². The molecule has 0 aliphatic rings. The van der Waals surface area contributed by atoms with Gasteiger partial charge in [0.05, 0.1) is 24.1 Å². The summed E-state index contributed by atoms with van der Waals surface area (Å²) in [5.74, 6) is 0.763. The van der Waals surface area contributed by atoms with Crippen molar-refractivity contribution in [1.29, 1.82) is 0 Å². The average Bonchev–Trinajstić information content (AvgIpc) is 2.81. The number of benzene rings is 1. The van der Waals surface area contributed by atoms with E-state index in [2.05, 4.69) is 12.0 Å². The Hall–Kier alpha value is -1.81. The zero-order valence-electron chi connectivity index (χ0n) is 11.6. The molecule has 0 radical (unpaired) electrons. The van der Waals surface area contributed by atoms with E-state index >= 15 is 0 Å². The first-order valence-electron chi connectivity index (χ1n) is 6.58. The van der Waals surface area contributed by atoms with Gasteiger partial charge in [0.15, 0.2) is 6.29 Å². The normalized spacial score (nSPS) is 10.6. The lowest BCUT2D eigenvalue weighted by atomic mass is 10.1. The number of aryl methyl sites for hydroxylation is 1. The molecule has 0 amide bonds. The first kappa shape index (κ1) is 14.6. The topological polar surface area (TPSA) is 44.1 Å². The van der Waals surface area contributed by atoms with Gasteiger partial charge < -0.3 is 4.74 Å². The smallest absolute Gasteiger partial charge is 0.155 e. The number of aromatic nitrogens is 2. The van der Waals surface area contributed by atoms with Gasteiger partial charge in [0.25, 0.3) is 0 Å². The molecule has 0 bridgehead atoms. The Morgan fingerprint density at radius 2 is 2.05 bits per heavy atom. The summed E-state index contributed by atoms with van der Waals surface area (Å²) >= 11 is 6.25. The second-order valence-electron chi connectivity index (χ2n) is 4.48. The van der Waals surface area contributed by atoms with Gasteiger partial charge >= 0.3 is 0 Å². The molecule has 106 valence electrons. The van der Waals surface area contributed by atoms with Crippen LogP contribution in [0, 0.1) is 0 Å². The zero-order valence-corrected chi connectivity index (χ0v) is 12.4. The van der Waals surface area contributed by atoms with Crippen LogP contribution in [-0.4, -0.2) is 23.2 Å². The van der Waals surface area contributed by atoms with Crippen LogP contribution >= 0.6 is 11.6 Å². The number of hydrogen-bond donors (Lipinski definition) is 0. The van der Waals surface area contributed by atoms with Gasteiger partial charge in [-0.2, -0.15) is 5.10 Å². The van der Waals surface area contributed by atoms with Crippen LogP contribution in [0.15, 0.2) is 24.3 Å². The molecule has 0 N–H and O–H groups in total. The van der Waals surface area contributed by atoms with Crippen LogP contribution in [0.1, 0.15) is 35.8 Å². The van der Waals surface area contributed by atoms with Crippen LogP contribution in [0.4, 0.5) is 0 Å². The third-order valence-corrected chi connectivity index (χ3v) is 3.51. The van der Waals surface area contributed by atoms with E-state index in [1.54, 1.807) is 11.8 Å². The predicted octanol–water partition coefficient (Wildman–Crippen LogP) is 3.69. The molecule has 0 aliphatic heterocycles. The number of methoxy groups -OCH3 is 1. The number of ether oxygens (including phenoxy) is 1. The minimum Gasteiger partial charge on any atom is -0.497 e. The molecule has 1 heterocycles. The molecule has 0 fully saturated rings. The van der Waals surface area contributed by atoms with Crippen molar-refractivity contribution in [3.8, 4) is 11.4 Å². The fourth-order valence-electron chi connectivity index (χ4n) is 1.99. The highest BCUT2D eigenvalue weighted by Crippen LogP contribution is 2.24. The van der Waals surface area contributed by atoms with Gasteiger partial charge in [-0.1, -0.05) is 24.9 Å². The summed E-state index contributed by atoms with van der Waals surface area (Å²) in [5, 5.41) is 4.81. The lowest BCUT2D eigenvalue weighted by Crippen LogP contribution is -1.97. The number of unbranched alkanes of at least 4 members (excludes halogenated alkanes) is 1. The van der Waals surface area contributed by atoms with Crippen LogP contribution in [0.3, 0.4) is 0 Å². The molecule has 0 atom stereocenters. The molecule has 0 unspecified atom stereocenters. The third-order valence-electron chi connectivity index (χ3n) is 3.14. The predicted molar refractivity (Wildman–Crippen MR) is 79.1 cm³/mol. The first-order chi connectivity index (χ1) is 9.71. The van der Waals surface area contributed by atoms with Gasteiger partial charge in [-0.3, -0.25) is 4.79 Å². The molecule has 1 aromatic carbocycles. The Balaban J connectivity index is 2.39. The molecular weight excluding hydrogens is 276 g/mol. The molecule has 4 nitrogen and oxygen atoms in total. The highest BCUT2D eigenvalue weighted by atomic mass is 35.5. The molecule has 5 heteroatoms. The van der Waals surface area contributed by atoms with Gasteiger partial charge in [0.2, 0.25) is 0 Å². The van der Waals surface area contributed by atoms with Crippen molar-refractivity contribution in [3.05, 3.63) is 40.7 Å². The monoisotopic (exact) mass is 292 g/mol. The van der Waals surface area contributed by atoms with Crippen LogP contribution in [-0.2, 0) is 6.42 Å². The van der Waals surface area contributed by atoms with E-state index in [4.69, 9.17) is 16.3 Å². The van der Waals surface area contributed by atoms with Gasteiger partial charge in [0, 0.05) is 0 Å². The van der Waals surface area contributed by atoms with Gasteiger partial charge in [-0.25, -0.2) is 4.68 Å². The lowest BCUT2D eigenvalue weighted by molar-refractivity contribution is 0.112. The first-order valence-corrected chi connectivity index (χ1v) is 6.96. The Morgan fingerprint density at radius 3 is 2.60 bits per heavy atom. The van der Waals surface area contributed by atoms with Crippen molar-refractivity contribution in [3.63, 3.8) is 0 Å². The van der Waals surface area contributed by atoms with Crippen molar-refractivity contribution < 1.29 is 9.53 Å². The maximum absolute atomic E-state index is 11.2. The number of hydrogen-bond acceptors (Lipinski definition) is 3. The second-order valence-corrected chi connectivity index (χ2v) is 4.84. The number of halogens is 1. The molecule has 0 saturated heterocycles. The second kappa shape index (κ2) is 6.57. The van der Waals surface area contributed by atoms with E-state index in [-0.39, 0.29) is 0 Å². The highest BCUT2D eigenvalue weighted by molar-refractivity contribution is 6.32. The average molecular weight is 293 g/mol. The largest absolute Gasteiger partial charge is 0.497 e. The van der Waals surface area contributed by atoms with E-state index in [9.17, 15) is 4.79 Å². The minimum absolute atomic E-state index is 0.358. The molecule has 0 aliphatic carbocycles. The maximum atomic E-state index is 11.2. The summed E-state index contributed by atoms with van der Waals surface area (Å²) in [4.78, 5) is 11.2. The van der Waals surface area contributed by atoms with E-state index in [0.29, 0.717) is 10.7 Å². The third kappa shape index (κ3) is 2.85. The van der Waals surface area contributed by atoms with Crippen molar-refractivity contribution in [1.82, 2.24) is 9.78 Å². The van der Waals surface area contributed by atoms with E-state index < -0.39 is 0 Å². The van der Waals surface area contributed by atoms with Gasteiger partial charge in [-0.05, 0) is 37.1 Å². The Bertz CT molecular complexity index is 591. The van der Waals surface area contributed by atoms with Crippen molar-refractivity contribution >= 4 is 17.9 Å². The van der Waals surface area contributed by atoms with Gasteiger partial charge in [0.1, 0.15) is 10.9 Å². The molecule has 1 aromatic heterocycles. The molecule has 20 heavy (non-hydrogen) atoms. The summed E-state index contributed by atoms with van der Waals surface area (Å²) < 4.78 is 6.71. The van der Waals surface area contributed by atoms with Crippen molar-refractivity contribution in [2.45, 2.75) is 26.2 Å². The van der Waals surface area contributed by atoms with E-state index in [0.717, 1.165) is 42.7 Å². The van der Waals surface area contributed by atoms with Gasteiger partial charge in [-0.15, -0.1) is 0 Å². The fourth-order valence-corrected chi connectivity index (χ4v) is 2.28. The maximum Gasteiger partial charge on any atom is 0.155 e. The number of nitrogens with zero attached hydrogens (tertiary/aromatic N) is 2. The number of aldehydes is 1. The molecule has 0 spiro atoms. The number of carbonyl (C=O) groups excluding carboxylic acids is 1. The zero-order chi connectivity index (χ0) is 14.5. The minimum atomic E-state index is 0.358. The molecule has 2 rings (SSSR count). The quantitative estimate of drug-likeness (QED) is 0.763. The Morgan fingerprint density at radius 1 is 1.35 bits per heavy atom. The van der Waals surface area contributed by atoms with Crippen LogP contribution < -0.4 is 4.74 Å². The Labute approximate surface area is 123 Å². The molecular formula is C15H17ClN2O2. The number of carbonyl (C=O) groups is 1. The van der Waals surface area contributed by atoms with E-state index in [1.165, 1.54) is 0 Å². The highest BCUT2D eigenvalue weighted by Gasteiger charge is 2.16.